The van der Waals surface area contributed by atoms with Crippen molar-refractivity contribution in [1.82, 2.24) is 0 Å². The van der Waals surface area contributed by atoms with Crippen molar-refractivity contribution in [2.45, 2.75) is 13.8 Å². The zero-order valence-electron chi connectivity index (χ0n) is 10.8. The summed E-state index contributed by atoms with van der Waals surface area (Å²) < 4.78 is 5.36. The Bertz CT molecular complexity index is 370. The van der Waals surface area contributed by atoms with Gasteiger partial charge in [-0.2, -0.15) is 0 Å². The number of benzene rings is 1. The smallest absolute Gasteiger partial charge is 0.128 e. The molecule has 0 amide bonds. The van der Waals surface area contributed by atoms with E-state index in [1.165, 1.54) is 0 Å². The summed E-state index contributed by atoms with van der Waals surface area (Å²) in [5.74, 6) is 0.833. The van der Waals surface area contributed by atoms with Crippen LogP contribution in [0.25, 0.3) is 6.08 Å². The molecule has 0 aliphatic carbocycles. The largest absolute Gasteiger partial charge is 0.496 e. The Labute approximate surface area is 103 Å². The minimum atomic E-state index is 0.0426. The van der Waals surface area contributed by atoms with Gasteiger partial charge in [0.1, 0.15) is 5.75 Å². The number of anilines is 1. The average Bonchev–Trinajstić information content (AvgIpc) is 2.38. The summed E-state index contributed by atoms with van der Waals surface area (Å²) in [5.41, 5.74) is 2.14. The maximum atomic E-state index is 8.77. The van der Waals surface area contributed by atoms with Gasteiger partial charge in [-0.15, -0.1) is 0 Å². The Kier molecular flexibility index (Phi) is 5.57. The maximum absolute atomic E-state index is 8.77. The van der Waals surface area contributed by atoms with Gasteiger partial charge in [-0.1, -0.05) is 12.2 Å². The summed E-state index contributed by atoms with van der Waals surface area (Å²) in [4.78, 5) is 2.27. The minimum Gasteiger partial charge on any atom is -0.496 e. The molecule has 94 valence electrons. The van der Waals surface area contributed by atoms with Crippen molar-refractivity contribution in [2.75, 3.05) is 31.7 Å². The highest BCUT2D eigenvalue weighted by atomic mass is 16.5. The lowest BCUT2D eigenvalue weighted by atomic mass is 10.1. The van der Waals surface area contributed by atoms with Crippen LogP contribution >= 0.6 is 0 Å². The lowest BCUT2D eigenvalue weighted by molar-refractivity contribution is 0.343. The molecule has 0 unspecified atom stereocenters. The molecule has 0 radical (unpaired) electrons. The third kappa shape index (κ3) is 3.49. The molecule has 17 heavy (non-hydrogen) atoms. The molecule has 0 heterocycles. The van der Waals surface area contributed by atoms with Crippen LogP contribution in [0.4, 0.5) is 5.69 Å². The second-order valence-corrected chi connectivity index (χ2v) is 3.68. The number of ether oxygens (including phenoxy) is 1. The molecule has 0 aliphatic heterocycles. The Morgan fingerprint density at radius 2 is 2.00 bits per heavy atom. The molecule has 1 rings (SSSR count). The van der Waals surface area contributed by atoms with Crippen molar-refractivity contribution in [1.29, 1.82) is 0 Å². The van der Waals surface area contributed by atoms with Crippen molar-refractivity contribution in [3.63, 3.8) is 0 Å². The number of hydrogen-bond acceptors (Lipinski definition) is 3. The summed E-state index contributed by atoms with van der Waals surface area (Å²) in [6, 6.07) is 6.12. The molecule has 0 fully saturated rings. The van der Waals surface area contributed by atoms with E-state index in [4.69, 9.17) is 9.84 Å². The molecule has 0 aliphatic rings. The standard InChI is InChI=1S/C14H21NO2/c1-4-15(5-2)13-9-8-12(7-6-10-16)14(11-13)17-3/h6-9,11,16H,4-5,10H2,1-3H3/b7-6+. The van der Waals surface area contributed by atoms with Crippen LogP contribution in [0.15, 0.2) is 24.3 Å². The van der Waals surface area contributed by atoms with Crippen LogP contribution in [0, 0.1) is 0 Å². The van der Waals surface area contributed by atoms with E-state index in [1.807, 2.05) is 18.2 Å². The van der Waals surface area contributed by atoms with E-state index >= 15 is 0 Å². The molecule has 0 saturated heterocycles. The predicted octanol–water partition coefficient (Wildman–Crippen LogP) is 2.55. The Balaban J connectivity index is 3.03. The maximum Gasteiger partial charge on any atom is 0.128 e. The molecule has 0 spiro atoms. The van der Waals surface area contributed by atoms with Crippen LogP contribution < -0.4 is 9.64 Å². The molecule has 3 heteroatoms. The number of rotatable bonds is 6. The van der Waals surface area contributed by atoms with Crippen molar-refractivity contribution in [3.05, 3.63) is 29.8 Å². The summed E-state index contributed by atoms with van der Waals surface area (Å²) in [6.07, 6.45) is 3.57. The second-order valence-electron chi connectivity index (χ2n) is 3.68. The van der Waals surface area contributed by atoms with E-state index in [0.29, 0.717) is 0 Å². The first-order chi connectivity index (χ1) is 8.26. The molecule has 1 aromatic rings. The van der Waals surface area contributed by atoms with Crippen molar-refractivity contribution < 1.29 is 9.84 Å². The zero-order chi connectivity index (χ0) is 12.7. The summed E-state index contributed by atoms with van der Waals surface area (Å²) in [6.45, 7) is 6.27. The first kappa shape index (κ1) is 13.6. The van der Waals surface area contributed by atoms with Gasteiger partial charge in [0.2, 0.25) is 0 Å². The van der Waals surface area contributed by atoms with E-state index in [9.17, 15) is 0 Å². The molecule has 0 saturated carbocycles. The number of methoxy groups -OCH3 is 1. The highest BCUT2D eigenvalue weighted by Gasteiger charge is 2.06. The molecule has 0 aromatic heterocycles. The SMILES string of the molecule is CCN(CC)c1ccc(/C=C/CO)c(OC)c1. The summed E-state index contributed by atoms with van der Waals surface area (Å²) >= 11 is 0. The number of aliphatic hydroxyl groups excluding tert-OH is 1. The van der Waals surface area contributed by atoms with Gasteiger partial charge in [0.15, 0.2) is 0 Å². The molecule has 3 nitrogen and oxygen atoms in total. The lowest BCUT2D eigenvalue weighted by Gasteiger charge is -2.22. The third-order valence-corrected chi connectivity index (χ3v) is 2.75. The van der Waals surface area contributed by atoms with Crippen LogP contribution in [0.3, 0.4) is 0 Å². The molecule has 1 N–H and O–H groups in total. The second kappa shape index (κ2) is 6.97. The number of nitrogens with zero attached hydrogens (tertiary/aromatic N) is 1. The van der Waals surface area contributed by atoms with Crippen LogP contribution in [0.1, 0.15) is 19.4 Å². The Hall–Kier alpha value is -1.48. The van der Waals surface area contributed by atoms with Gasteiger partial charge in [0.05, 0.1) is 13.7 Å². The van der Waals surface area contributed by atoms with E-state index in [1.54, 1.807) is 13.2 Å². The number of aliphatic hydroxyl groups is 1. The fraction of sp³-hybridized carbons (Fsp3) is 0.429. The first-order valence-corrected chi connectivity index (χ1v) is 5.97. The van der Waals surface area contributed by atoms with Gasteiger partial charge >= 0.3 is 0 Å². The third-order valence-electron chi connectivity index (χ3n) is 2.75. The van der Waals surface area contributed by atoms with Crippen LogP contribution in [-0.4, -0.2) is 31.9 Å². The van der Waals surface area contributed by atoms with E-state index in [0.717, 1.165) is 30.1 Å². The van der Waals surface area contributed by atoms with E-state index in [2.05, 4.69) is 24.8 Å². The highest BCUT2D eigenvalue weighted by Crippen LogP contribution is 2.26. The van der Waals surface area contributed by atoms with Gasteiger partial charge in [-0.25, -0.2) is 0 Å². The fourth-order valence-corrected chi connectivity index (χ4v) is 1.80. The van der Waals surface area contributed by atoms with Gasteiger partial charge in [0, 0.05) is 30.4 Å². The molecule has 0 atom stereocenters. The van der Waals surface area contributed by atoms with Crippen LogP contribution in [-0.2, 0) is 0 Å². The predicted molar refractivity (Wildman–Crippen MR) is 72.7 cm³/mol. The van der Waals surface area contributed by atoms with Crippen molar-refractivity contribution >= 4 is 11.8 Å². The van der Waals surface area contributed by atoms with Gasteiger partial charge in [-0.3, -0.25) is 0 Å². The normalized spacial score (nSPS) is 10.8. The Morgan fingerprint density at radius 1 is 1.29 bits per heavy atom. The monoisotopic (exact) mass is 235 g/mol. The quantitative estimate of drug-likeness (QED) is 0.822. The van der Waals surface area contributed by atoms with Crippen molar-refractivity contribution in [3.8, 4) is 5.75 Å². The fourth-order valence-electron chi connectivity index (χ4n) is 1.80. The van der Waals surface area contributed by atoms with Gasteiger partial charge < -0.3 is 14.7 Å². The first-order valence-electron chi connectivity index (χ1n) is 5.97. The summed E-state index contributed by atoms with van der Waals surface area (Å²) in [7, 11) is 1.66. The summed E-state index contributed by atoms with van der Waals surface area (Å²) in [5, 5.41) is 8.77. The molecule has 1 aromatic carbocycles. The lowest BCUT2D eigenvalue weighted by Crippen LogP contribution is -2.21. The van der Waals surface area contributed by atoms with Gasteiger partial charge in [-0.05, 0) is 26.0 Å². The van der Waals surface area contributed by atoms with Crippen LogP contribution in [0.5, 0.6) is 5.75 Å². The zero-order valence-corrected chi connectivity index (χ0v) is 10.8. The number of hydrogen-bond donors (Lipinski definition) is 1. The minimum absolute atomic E-state index is 0.0426. The molecular weight excluding hydrogens is 214 g/mol. The van der Waals surface area contributed by atoms with Gasteiger partial charge in [0.25, 0.3) is 0 Å². The average molecular weight is 235 g/mol. The van der Waals surface area contributed by atoms with Crippen molar-refractivity contribution in [2.24, 2.45) is 0 Å². The van der Waals surface area contributed by atoms with E-state index < -0.39 is 0 Å². The highest BCUT2D eigenvalue weighted by molar-refractivity contribution is 5.63. The topological polar surface area (TPSA) is 32.7 Å². The van der Waals surface area contributed by atoms with Crippen LogP contribution in [0.2, 0.25) is 0 Å². The Morgan fingerprint density at radius 3 is 2.53 bits per heavy atom. The molecular formula is C14H21NO2. The molecule has 0 bridgehead atoms. The van der Waals surface area contributed by atoms with E-state index in [-0.39, 0.29) is 6.61 Å².